The fourth-order valence-corrected chi connectivity index (χ4v) is 11.2. The molecule has 332 valence electrons. The summed E-state index contributed by atoms with van der Waals surface area (Å²) in [5.41, 5.74) is 18.3. The molecule has 0 fully saturated rings. The smallest absolute Gasteiger partial charge is 0.145 e. The third-order valence-electron chi connectivity index (χ3n) is 14.4. The van der Waals surface area contributed by atoms with Crippen molar-refractivity contribution in [3.05, 3.63) is 243 Å². The lowest BCUT2D eigenvalue weighted by atomic mass is 10.00. The zero-order valence-electron chi connectivity index (χ0n) is 38.2. The summed E-state index contributed by atoms with van der Waals surface area (Å²) >= 11 is 0. The van der Waals surface area contributed by atoms with Crippen molar-refractivity contribution in [2.45, 2.75) is 0 Å². The molecule has 0 N–H and O–H groups in total. The SMILES string of the molecule is c1ccc(-n2c3ccccc3c3c4oc5c(-c6ccc(N(c7ccc(-c8cccc9c8oc8ccccc89)cc7)c7ccc(-c8cccc9c8oc8ccccc89)cc7)cc6)cccc5c4ccc32)cc1. The summed E-state index contributed by atoms with van der Waals surface area (Å²) in [6.07, 6.45) is 0. The minimum Gasteiger partial charge on any atom is -0.455 e. The number of hydrogen-bond acceptors (Lipinski definition) is 4. The van der Waals surface area contributed by atoms with Gasteiger partial charge in [0, 0.05) is 77.1 Å². The molecule has 5 heteroatoms. The fourth-order valence-electron chi connectivity index (χ4n) is 11.2. The van der Waals surface area contributed by atoms with Gasteiger partial charge < -0.3 is 22.7 Å². The van der Waals surface area contributed by atoms with E-state index in [1.54, 1.807) is 0 Å². The predicted molar refractivity (Wildman–Crippen MR) is 294 cm³/mol. The van der Waals surface area contributed by atoms with Crippen molar-refractivity contribution in [1.82, 2.24) is 4.57 Å². The van der Waals surface area contributed by atoms with Gasteiger partial charge >= 0.3 is 0 Å². The molecule has 0 aliphatic heterocycles. The Morgan fingerprint density at radius 1 is 0.268 bits per heavy atom. The van der Waals surface area contributed by atoms with E-state index in [0.29, 0.717) is 0 Å². The molecule has 0 unspecified atom stereocenters. The highest BCUT2D eigenvalue weighted by atomic mass is 16.3. The standard InChI is InChI=1S/C66H40N2O3/c1-2-13-44(14-3-1)68-58-24-7-4-17-57(58)62-59(68)40-39-56-55-23-12-20-50(65(55)71-66(56)62)43-31-37-47(38-32-43)67(45-33-27-41(28-34-45)48-18-10-21-53-51-15-5-8-25-60(51)69-63(48)53)46-35-29-42(30-36-46)49-19-11-22-54-52-16-6-9-26-61(52)70-64(49)54/h1-40H. The molecule has 0 spiro atoms. The number of furan rings is 3. The van der Waals surface area contributed by atoms with Gasteiger partial charge in [0.25, 0.3) is 0 Å². The van der Waals surface area contributed by atoms with Crippen LogP contribution in [0.1, 0.15) is 0 Å². The van der Waals surface area contributed by atoms with Crippen molar-refractivity contribution in [2.24, 2.45) is 0 Å². The van der Waals surface area contributed by atoms with Gasteiger partial charge in [-0.3, -0.25) is 0 Å². The maximum Gasteiger partial charge on any atom is 0.145 e. The van der Waals surface area contributed by atoms with Gasteiger partial charge in [-0.1, -0.05) is 164 Å². The van der Waals surface area contributed by atoms with Crippen LogP contribution in [0.2, 0.25) is 0 Å². The van der Waals surface area contributed by atoms with Crippen molar-refractivity contribution >= 4 is 105 Å². The van der Waals surface area contributed by atoms with Gasteiger partial charge in [0.1, 0.15) is 33.5 Å². The Hall–Kier alpha value is -9.58. The molecule has 5 nitrogen and oxygen atoms in total. The monoisotopic (exact) mass is 908 g/mol. The molecule has 0 aliphatic rings. The zero-order valence-corrected chi connectivity index (χ0v) is 38.2. The van der Waals surface area contributed by atoms with Crippen molar-refractivity contribution < 1.29 is 13.3 Å². The summed E-state index contributed by atoms with van der Waals surface area (Å²) in [6, 6.07) is 86.0. The second-order valence-electron chi connectivity index (χ2n) is 18.3. The van der Waals surface area contributed by atoms with Gasteiger partial charge in [-0.25, -0.2) is 0 Å². The molecule has 0 aliphatic carbocycles. The van der Waals surface area contributed by atoms with E-state index in [9.17, 15) is 0 Å². The molecule has 4 heterocycles. The van der Waals surface area contributed by atoms with Crippen LogP contribution in [0.3, 0.4) is 0 Å². The van der Waals surface area contributed by atoms with Crippen LogP contribution in [-0.4, -0.2) is 4.57 Å². The van der Waals surface area contributed by atoms with Gasteiger partial charge in [-0.15, -0.1) is 0 Å². The predicted octanol–water partition coefficient (Wildman–Crippen LogP) is 19.0. The molecule has 71 heavy (non-hydrogen) atoms. The van der Waals surface area contributed by atoms with E-state index >= 15 is 0 Å². The van der Waals surface area contributed by atoms with Gasteiger partial charge in [-0.2, -0.15) is 0 Å². The molecule has 11 aromatic carbocycles. The highest BCUT2D eigenvalue weighted by molar-refractivity contribution is 6.25. The molecule has 0 saturated heterocycles. The molecule has 0 amide bonds. The van der Waals surface area contributed by atoms with Crippen molar-refractivity contribution in [3.63, 3.8) is 0 Å². The number of benzene rings is 11. The quantitative estimate of drug-likeness (QED) is 0.160. The molecule has 0 atom stereocenters. The molecular weight excluding hydrogens is 869 g/mol. The zero-order chi connectivity index (χ0) is 46.6. The number of hydrogen-bond donors (Lipinski definition) is 0. The summed E-state index contributed by atoms with van der Waals surface area (Å²) in [5, 5.41) is 8.96. The van der Waals surface area contributed by atoms with E-state index in [-0.39, 0.29) is 0 Å². The van der Waals surface area contributed by atoms with E-state index in [1.165, 1.54) is 5.39 Å². The normalized spacial score (nSPS) is 11.9. The Labute approximate surface area is 407 Å². The maximum absolute atomic E-state index is 7.07. The van der Waals surface area contributed by atoms with Crippen LogP contribution in [0, 0.1) is 0 Å². The van der Waals surface area contributed by atoms with Crippen LogP contribution >= 0.6 is 0 Å². The minimum atomic E-state index is 0.876. The number of aromatic nitrogens is 1. The molecule has 0 bridgehead atoms. The number of para-hydroxylation sites is 7. The summed E-state index contributed by atoms with van der Waals surface area (Å²) in [5.74, 6) is 0. The fraction of sp³-hybridized carbons (Fsp3) is 0. The van der Waals surface area contributed by atoms with Crippen LogP contribution in [0.25, 0.3) is 127 Å². The van der Waals surface area contributed by atoms with E-state index in [2.05, 4.69) is 228 Å². The molecule has 15 rings (SSSR count). The average Bonchev–Trinajstić information content (AvgIpc) is 4.21. The van der Waals surface area contributed by atoms with Crippen molar-refractivity contribution in [2.75, 3.05) is 4.90 Å². The summed E-state index contributed by atoms with van der Waals surface area (Å²) in [6.45, 7) is 0. The second kappa shape index (κ2) is 15.5. The van der Waals surface area contributed by atoms with E-state index in [4.69, 9.17) is 13.3 Å². The van der Waals surface area contributed by atoms with E-state index in [0.717, 1.165) is 138 Å². The summed E-state index contributed by atoms with van der Waals surface area (Å²) in [4.78, 5) is 2.32. The lowest BCUT2D eigenvalue weighted by Gasteiger charge is -2.26. The van der Waals surface area contributed by atoms with Crippen LogP contribution < -0.4 is 4.90 Å². The molecule has 0 radical (unpaired) electrons. The molecular formula is C66H40N2O3. The van der Waals surface area contributed by atoms with Crippen molar-refractivity contribution in [3.8, 4) is 39.1 Å². The van der Waals surface area contributed by atoms with Crippen LogP contribution in [0.4, 0.5) is 17.1 Å². The molecule has 0 saturated carbocycles. The Balaban J connectivity index is 0.844. The first-order chi connectivity index (χ1) is 35.2. The first-order valence-electron chi connectivity index (χ1n) is 24.1. The van der Waals surface area contributed by atoms with Crippen molar-refractivity contribution in [1.29, 1.82) is 0 Å². The first-order valence-corrected chi connectivity index (χ1v) is 24.1. The van der Waals surface area contributed by atoms with Crippen LogP contribution in [-0.2, 0) is 0 Å². The largest absolute Gasteiger partial charge is 0.455 e. The van der Waals surface area contributed by atoms with Gasteiger partial charge in [0.2, 0.25) is 0 Å². The highest BCUT2D eigenvalue weighted by Gasteiger charge is 2.22. The number of nitrogens with zero attached hydrogens (tertiary/aromatic N) is 2. The summed E-state index contributed by atoms with van der Waals surface area (Å²) in [7, 11) is 0. The van der Waals surface area contributed by atoms with Gasteiger partial charge in [0.15, 0.2) is 0 Å². The molecule has 15 aromatic rings. The van der Waals surface area contributed by atoms with Gasteiger partial charge in [-0.05, 0) is 95.6 Å². The number of anilines is 3. The lowest BCUT2D eigenvalue weighted by Crippen LogP contribution is -2.09. The van der Waals surface area contributed by atoms with Gasteiger partial charge in [0.05, 0.1) is 16.4 Å². The first kappa shape index (κ1) is 39.4. The minimum absolute atomic E-state index is 0.876. The van der Waals surface area contributed by atoms with E-state index in [1.807, 2.05) is 24.3 Å². The Morgan fingerprint density at radius 2 is 0.676 bits per heavy atom. The lowest BCUT2D eigenvalue weighted by molar-refractivity contribution is 0.669. The molecule has 4 aromatic heterocycles. The maximum atomic E-state index is 7.07. The topological polar surface area (TPSA) is 47.6 Å². The third-order valence-corrected chi connectivity index (χ3v) is 14.4. The van der Waals surface area contributed by atoms with E-state index < -0.39 is 0 Å². The summed E-state index contributed by atoms with van der Waals surface area (Å²) < 4.78 is 22.3. The highest BCUT2D eigenvalue weighted by Crippen LogP contribution is 2.45. The Morgan fingerprint density at radius 3 is 1.20 bits per heavy atom. The Kier molecular flexibility index (Phi) is 8.59. The van der Waals surface area contributed by atoms with Crippen LogP contribution in [0.15, 0.2) is 256 Å². The average molecular weight is 909 g/mol. The Bertz CT molecular complexity index is 4400. The third kappa shape index (κ3) is 6.06. The number of rotatable bonds is 7. The second-order valence-corrected chi connectivity index (χ2v) is 18.3. The number of fused-ring (bicyclic) bond motifs is 13. The van der Waals surface area contributed by atoms with Crippen LogP contribution in [0.5, 0.6) is 0 Å².